The van der Waals surface area contributed by atoms with Crippen molar-refractivity contribution in [2.24, 2.45) is 0 Å². The first kappa shape index (κ1) is 20.2. The lowest BCUT2D eigenvalue weighted by Gasteiger charge is -2.13. The average Bonchev–Trinajstić information content (AvgIpc) is 2.75. The van der Waals surface area contributed by atoms with E-state index in [1.54, 1.807) is 24.4 Å². The number of nitrogens with zero attached hydrogens (tertiary/aromatic N) is 1. The summed E-state index contributed by atoms with van der Waals surface area (Å²) in [5, 5.41) is 7.33. The number of nitrogens with one attached hydrogen (secondary N) is 2. The molecule has 4 aromatic rings. The normalized spacial score (nSPS) is 10.8. The number of halogens is 2. The van der Waals surface area contributed by atoms with Gasteiger partial charge in [0, 0.05) is 18.1 Å². The third kappa shape index (κ3) is 4.25. The van der Waals surface area contributed by atoms with Gasteiger partial charge in [-0.25, -0.2) is 4.79 Å². The van der Waals surface area contributed by atoms with Crippen molar-refractivity contribution in [1.82, 2.24) is 10.3 Å². The van der Waals surface area contributed by atoms with Crippen LogP contribution in [0.25, 0.3) is 22.0 Å². The van der Waals surface area contributed by atoms with Gasteiger partial charge in [0.1, 0.15) is 0 Å². The highest BCUT2D eigenvalue weighted by Crippen LogP contribution is 2.31. The highest BCUT2D eigenvalue weighted by atomic mass is 35.5. The van der Waals surface area contributed by atoms with Crippen molar-refractivity contribution in [2.45, 2.75) is 13.5 Å². The monoisotopic (exact) mass is 435 g/mol. The van der Waals surface area contributed by atoms with Gasteiger partial charge < -0.3 is 10.6 Å². The largest absolute Gasteiger partial charge is 0.334 e. The number of carbonyl (C=O) groups is 1. The molecule has 3 aromatic carbocycles. The lowest BCUT2D eigenvalue weighted by Crippen LogP contribution is -2.28. The van der Waals surface area contributed by atoms with Crippen molar-refractivity contribution in [3.8, 4) is 11.1 Å². The van der Waals surface area contributed by atoms with Crippen molar-refractivity contribution in [2.75, 3.05) is 5.32 Å². The Hall–Kier alpha value is -3.08. The Balaban J connectivity index is 1.57. The van der Waals surface area contributed by atoms with Crippen LogP contribution in [0.5, 0.6) is 0 Å². The maximum Gasteiger partial charge on any atom is 0.319 e. The van der Waals surface area contributed by atoms with Crippen molar-refractivity contribution in [3.63, 3.8) is 0 Å². The Morgan fingerprint density at radius 2 is 1.83 bits per heavy atom. The molecule has 2 N–H and O–H groups in total. The number of hydrogen-bond acceptors (Lipinski definition) is 2. The fourth-order valence-electron chi connectivity index (χ4n) is 3.38. The van der Waals surface area contributed by atoms with Gasteiger partial charge in [-0.05, 0) is 41.8 Å². The second-order valence-corrected chi connectivity index (χ2v) is 7.74. The zero-order valence-electron chi connectivity index (χ0n) is 16.2. The Morgan fingerprint density at radius 3 is 2.67 bits per heavy atom. The first-order chi connectivity index (χ1) is 14.5. The van der Waals surface area contributed by atoms with Gasteiger partial charge in [0.15, 0.2) is 0 Å². The lowest BCUT2D eigenvalue weighted by atomic mass is 9.97. The summed E-state index contributed by atoms with van der Waals surface area (Å²) in [4.78, 5) is 16.9. The summed E-state index contributed by atoms with van der Waals surface area (Å²) >= 11 is 12.1. The smallest absolute Gasteiger partial charge is 0.319 e. The SMILES string of the molecule is Cc1cccc(-c2ccc(CNC(=O)Nc3cccc(Cl)c3Cl)c3ncccc23)c1. The first-order valence-corrected chi connectivity index (χ1v) is 10.2. The number of urea groups is 1. The Kier molecular flexibility index (Phi) is 5.88. The Labute approximate surface area is 184 Å². The summed E-state index contributed by atoms with van der Waals surface area (Å²) < 4.78 is 0. The van der Waals surface area contributed by atoms with E-state index >= 15 is 0 Å². The zero-order valence-corrected chi connectivity index (χ0v) is 17.8. The molecule has 0 atom stereocenters. The minimum Gasteiger partial charge on any atom is -0.334 e. The van der Waals surface area contributed by atoms with Gasteiger partial charge in [-0.15, -0.1) is 0 Å². The van der Waals surface area contributed by atoms with Gasteiger partial charge in [0.2, 0.25) is 0 Å². The van der Waals surface area contributed by atoms with Gasteiger partial charge >= 0.3 is 6.03 Å². The molecule has 1 aromatic heterocycles. The highest BCUT2D eigenvalue weighted by molar-refractivity contribution is 6.43. The molecule has 0 spiro atoms. The summed E-state index contributed by atoms with van der Waals surface area (Å²) in [6.45, 7) is 2.40. The zero-order chi connectivity index (χ0) is 21.1. The van der Waals surface area contributed by atoms with Gasteiger partial charge in [-0.2, -0.15) is 0 Å². The Bertz CT molecular complexity index is 1240. The number of hydrogen-bond donors (Lipinski definition) is 2. The third-order valence-electron chi connectivity index (χ3n) is 4.82. The molecule has 1 heterocycles. The lowest BCUT2D eigenvalue weighted by molar-refractivity contribution is 0.252. The van der Waals surface area contributed by atoms with E-state index in [1.807, 2.05) is 18.2 Å². The number of amides is 2. The molecule has 30 heavy (non-hydrogen) atoms. The maximum absolute atomic E-state index is 12.4. The second-order valence-electron chi connectivity index (χ2n) is 6.95. The van der Waals surface area contributed by atoms with E-state index in [9.17, 15) is 4.79 Å². The fraction of sp³-hybridized carbons (Fsp3) is 0.0833. The van der Waals surface area contributed by atoms with Crippen molar-refractivity contribution in [3.05, 3.63) is 94.1 Å². The molecular weight excluding hydrogens is 417 g/mol. The molecule has 0 bridgehead atoms. The third-order valence-corrected chi connectivity index (χ3v) is 5.64. The summed E-state index contributed by atoms with van der Waals surface area (Å²) in [5.74, 6) is 0. The minimum atomic E-state index is -0.369. The summed E-state index contributed by atoms with van der Waals surface area (Å²) in [5.41, 5.74) is 5.69. The summed E-state index contributed by atoms with van der Waals surface area (Å²) in [6.07, 6.45) is 1.76. The van der Waals surface area contributed by atoms with Crippen LogP contribution >= 0.6 is 23.2 Å². The number of benzene rings is 3. The van der Waals surface area contributed by atoms with Crippen LogP contribution in [0.1, 0.15) is 11.1 Å². The van der Waals surface area contributed by atoms with E-state index < -0.39 is 0 Å². The van der Waals surface area contributed by atoms with Crippen LogP contribution in [0.4, 0.5) is 10.5 Å². The molecule has 2 amide bonds. The molecule has 150 valence electrons. The molecule has 6 heteroatoms. The number of aryl methyl sites for hydroxylation is 1. The first-order valence-electron chi connectivity index (χ1n) is 9.45. The van der Waals surface area contributed by atoms with Crippen LogP contribution in [-0.2, 0) is 6.54 Å². The van der Waals surface area contributed by atoms with E-state index in [-0.39, 0.29) is 6.03 Å². The number of fused-ring (bicyclic) bond motifs is 1. The molecule has 0 aliphatic heterocycles. The van der Waals surface area contributed by atoms with Crippen LogP contribution in [0.3, 0.4) is 0 Å². The summed E-state index contributed by atoms with van der Waals surface area (Å²) in [7, 11) is 0. The van der Waals surface area contributed by atoms with Crippen molar-refractivity contribution in [1.29, 1.82) is 0 Å². The van der Waals surface area contributed by atoms with E-state index in [0.29, 0.717) is 22.3 Å². The molecule has 0 saturated heterocycles. The van der Waals surface area contributed by atoms with E-state index in [2.05, 4.69) is 52.9 Å². The van der Waals surface area contributed by atoms with Crippen LogP contribution in [0, 0.1) is 6.92 Å². The topological polar surface area (TPSA) is 54.0 Å². The predicted octanol–water partition coefficient (Wildman–Crippen LogP) is 6.84. The van der Waals surface area contributed by atoms with E-state index in [4.69, 9.17) is 23.2 Å². The Morgan fingerprint density at radius 1 is 1.00 bits per heavy atom. The number of carbonyl (C=O) groups excluding carboxylic acids is 1. The molecule has 0 fully saturated rings. The maximum atomic E-state index is 12.4. The van der Waals surface area contributed by atoms with Crippen molar-refractivity contribution < 1.29 is 4.79 Å². The number of pyridine rings is 1. The van der Waals surface area contributed by atoms with Crippen LogP contribution in [0.2, 0.25) is 10.0 Å². The highest BCUT2D eigenvalue weighted by Gasteiger charge is 2.11. The predicted molar refractivity (Wildman–Crippen MR) is 124 cm³/mol. The van der Waals surface area contributed by atoms with E-state index in [0.717, 1.165) is 27.6 Å². The van der Waals surface area contributed by atoms with Gasteiger partial charge in [-0.3, -0.25) is 4.98 Å². The standard InChI is InChI=1S/C24H19Cl2N3O/c1-15-5-2-6-16(13-15)18-11-10-17(23-19(18)7-4-12-27-23)14-28-24(30)29-21-9-3-8-20(25)22(21)26/h2-13H,14H2,1H3,(H2,28,29,30). The average molecular weight is 436 g/mol. The molecule has 0 unspecified atom stereocenters. The molecule has 4 nitrogen and oxygen atoms in total. The van der Waals surface area contributed by atoms with Crippen LogP contribution < -0.4 is 10.6 Å². The van der Waals surface area contributed by atoms with Crippen LogP contribution in [-0.4, -0.2) is 11.0 Å². The minimum absolute atomic E-state index is 0.309. The van der Waals surface area contributed by atoms with Crippen LogP contribution in [0.15, 0.2) is 72.9 Å². The molecule has 0 aliphatic rings. The fourth-order valence-corrected chi connectivity index (χ4v) is 3.73. The molecule has 0 saturated carbocycles. The second kappa shape index (κ2) is 8.74. The van der Waals surface area contributed by atoms with E-state index in [1.165, 1.54) is 5.56 Å². The van der Waals surface area contributed by atoms with Gasteiger partial charge in [0.25, 0.3) is 0 Å². The molecule has 0 aliphatic carbocycles. The molecule has 0 radical (unpaired) electrons. The van der Waals surface area contributed by atoms with Gasteiger partial charge in [0.05, 0.1) is 21.2 Å². The van der Waals surface area contributed by atoms with Gasteiger partial charge in [-0.1, -0.05) is 77.3 Å². The quantitative estimate of drug-likeness (QED) is 0.368. The molecule has 4 rings (SSSR count). The number of anilines is 1. The number of aromatic nitrogens is 1. The number of rotatable bonds is 4. The molecular formula is C24H19Cl2N3O. The van der Waals surface area contributed by atoms with Crippen molar-refractivity contribution >= 4 is 45.8 Å². The summed E-state index contributed by atoms with van der Waals surface area (Å²) in [6, 6.07) is 21.1.